The van der Waals surface area contributed by atoms with Gasteiger partial charge in [-0.25, -0.2) is 0 Å². The zero-order valence-electron chi connectivity index (χ0n) is 12.0. The molecule has 2 aromatic rings. The van der Waals surface area contributed by atoms with Gasteiger partial charge in [0.05, 0.1) is 30.2 Å². The molecule has 6 nitrogen and oxygen atoms in total. The van der Waals surface area contributed by atoms with Crippen molar-refractivity contribution in [2.75, 3.05) is 36.5 Å². The first-order valence-electron chi connectivity index (χ1n) is 7.16. The molecule has 2 heterocycles. The van der Waals surface area contributed by atoms with E-state index in [-0.39, 0.29) is 11.5 Å². The maximum atomic E-state index is 12.3. The number of benzene rings is 1. The van der Waals surface area contributed by atoms with Crippen molar-refractivity contribution in [3.8, 4) is 0 Å². The fraction of sp³-hybridized carbons (Fsp3) is 0.250. The van der Waals surface area contributed by atoms with E-state index in [0.717, 1.165) is 24.5 Å². The molecule has 0 bridgehead atoms. The predicted molar refractivity (Wildman–Crippen MR) is 84.5 cm³/mol. The molecule has 1 amide bonds. The van der Waals surface area contributed by atoms with E-state index in [4.69, 9.17) is 4.74 Å². The van der Waals surface area contributed by atoms with Gasteiger partial charge in [0.1, 0.15) is 0 Å². The summed E-state index contributed by atoms with van der Waals surface area (Å²) in [4.78, 5) is 28.0. The molecule has 1 saturated heterocycles. The minimum absolute atomic E-state index is 0.231. The van der Waals surface area contributed by atoms with Crippen molar-refractivity contribution in [2.45, 2.75) is 0 Å². The number of carbonyl (C=O) groups is 1. The first-order chi connectivity index (χ1) is 10.7. The van der Waals surface area contributed by atoms with Crippen LogP contribution in [0.1, 0.15) is 10.4 Å². The van der Waals surface area contributed by atoms with Gasteiger partial charge < -0.3 is 19.9 Å². The lowest BCUT2D eigenvalue weighted by atomic mass is 10.2. The number of carbonyl (C=O) groups excluding carboxylic acids is 1. The van der Waals surface area contributed by atoms with Crippen molar-refractivity contribution in [2.24, 2.45) is 0 Å². The van der Waals surface area contributed by atoms with Crippen LogP contribution in [0, 0.1) is 0 Å². The maximum absolute atomic E-state index is 12.3. The number of hydrogen-bond acceptors (Lipinski definition) is 4. The van der Waals surface area contributed by atoms with E-state index >= 15 is 0 Å². The highest BCUT2D eigenvalue weighted by atomic mass is 16.5. The van der Waals surface area contributed by atoms with Gasteiger partial charge in [-0.3, -0.25) is 9.59 Å². The van der Waals surface area contributed by atoms with Crippen LogP contribution in [0.4, 0.5) is 11.4 Å². The lowest BCUT2D eigenvalue weighted by Gasteiger charge is -2.30. The molecule has 0 unspecified atom stereocenters. The van der Waals surface area contributed by atoms with Crippen LogP contribution >= 0.6 is 0 Å². The Balaban J connectivity index is 1.81. The fourth-order valence-electron chi connectivity index (χ4n) is 2.41. The van der Waals surface area contributed by atoms with Crippen LogP contribution in [-0.4, -0.2) is 37.2 Å². The van der Waals surface area contributed by atoms with Gasteiger partial charge in [0.2, 0.25) is 5.56 Å². The summed E-state index contributed by atoms with van der Waals surface area (Å²) in [5.41, 5.74) is 1.91. The topological polar surface area (TPSA) is 74.4 Å². The SMILES string of the molecule is O=C(Nc1ccccc1N1CCOCC1)c1ccc(=O)[nH]c1. The van der Waals surface area contributed by atoms with Crippen LogP contribution in [-0.2, 0) is 4.74 Å². The lowest BCUT2D eigenvalue weighted by molar-refractivity contribution is 0.102. The molecule has 1 aromatic heterocycles. The second kappa shape index (κ2) is 6.44. The molecule has 114 valence electrons. The molecule has 1 aromatic carbocycles. The third-order valence-corrected chi connectivity index (χ3v) is 3.55. The van der Waals surface area contributed by atoms with E-state index in [1.165, 1.54) is 18.3 Å². The predicted octanol–water partition coefficient (Wildman–Crippen LogP) is 1.46. The summed E-state index contributed by atoms with van der Waals surface area (Å²) in [7, 11) is 0. The number of pyridine rings is 1. The second-order valence-corrected chi connectivity index (χ2v) is 5.01. The highest BCUT2D eigenvalue weighted by Crippen LogP contribution is 2.26. The number of nitrogens with zero attached hydrogens (tertiary/aromatic N) is 1. The van der Waals surface area contributed by atoms with Crippen LogP contribution in [0.15, 0.2) is 47.4 Å². The zero-order valence-corrected chi connectivity index (χ0v) is 12.0. The van der Waals surface area contributed by atoms with Crippen LogP contribution in [0.25, 0.3) is 0 Å². The number of para-hydroxylation sites is 2. The third kappa shape index (κ3) is 3.17. The molecule has 0 saturated carbocycles. The monoisotopic (exact) mass is 299 g/mol. The average Bonchev–Trinajstić information content (AvgIpc) is 2.57. The number of aromatic nitrogens is 1. The summed E-state index contributed by atoms with van der Waals surface area (Å²) in [5.74, 6) is -0.253. The Morgan fingerprint density at radius 2 is 1.91 bits per heavy atom. The van der Waals surface area contributed by atoms with E-state index in [1.54, 1.807) is 0 Å². The van der Waals surface area contributed by atoms with Crippen molar-refractivity contribution >= 4 is 17.3 Å². The van der Waals surface area contributed by atoms with E-state index in [9.17, 15) is 9.59 Å². The third-order valence-electron chi connectivity index (χ3n) is 3.55. The highest BCUT2D eigenvalue weighted by Gasteiger charge is 2.16. The molecule has 2 N–H and O–H groups in total. The molecule has 6 heteroatoms. The van der Waals surface area contributed by atoms with E-state index in [2.05, 4.69) is 15.2 Å². The Labute approximate surface area is 127 Å². The van der Waals surface area contributed by atoms with Crippen molar-refractivity contribution in [3.63, 3.8) is 0 Å². The second-order valence-electron chi connectivity index (χ2n) is 5.01. The van der Waals surface area contributed by atoms with Gasteiger partial charge in [0, 0.05) is 25.4 Å². The minimum Gasteiger partial charge on any atom is -0.378 e. The standard InChI is InChI=1S/C16H17N3O3/c20-15-6-5-12(11-17-15)16(21)18-13-3-1-2-4-14(13)19-7-9-22-10-8-19/h1-6,11H,7-10H2,(H,17,20)(H,18,21). The molecule has 1 fully saturated rings. The largest absolute Gasteiger partial charge is 0.378 e. The lowest BCUT2D eigenvalue weighted by Crippen LogP contribution is -2.36. The Kier molecular flexibility index (Phi) is 4.20. The highest BCUT2D eigenvalue weighted by molar-refractivity contribution is 6.05. The molecule has 22 heavy (non-hydrogen) atoms. The average molecular weight is 299 g/mol. The molecule has 0 atom stereocenters. The van der Waals surface area contributed by atoms with E-state index < -0.39 is 0 Å². The maximum Gasteiger partial charge on any atom is 0.257 e. The number of H-pyrrole nitrogens is 1. The normalized spacial score (nSPS) is 14.6. The first kappa shape index (κ1) is 14.3. The van der Waals surface area contributed by atoms with Crippen molar-refractivity contribution in [1.82, 2.24) is 4.98 Å². The Bertz CT molecular complexity index is 700. The summed E-state index contributed by atoms with van der Waals surface area (Å²) >= 11 is 0. The Morgan fingerprint density at radius 1 is 1.14 bits per heavy atom. The van der Waals surface area contributed by atoms with Crippen LogP contribution in [0.3, 0.4) is 0 Å². The number of nitrogens with one attached hydrogen (secondary N) is 2. The number of aromatic amines is 1. The van der Waals surface area contributed by atoms with Crippen LogP contribution in [0.5, 0.6) is 0 Å². The Morgan fingerprint density at radius 3 is 2.64 bits per heavy atom. The summed E-state index contributed by atoms with van der Waals surface area (Å²) < 4.78 is 5.36. The van der Waals surface area contributed by atoms with Gasteiger partial charge in [-0.1, -0.05) is 12.1 Å². The molecular formula is C16H17N3O3. The molecule has 0 aliphatic carbocycles. The van der Waals surface area contributed by atoms with Gasteiger partial charge in [0.15, 0.2) is 0 Å². The number of amides is 1. The Hall–Kier alpha value is -2.60. The van der Waals surface area contributed by atoms with Crippen LogP contribution < -0.4 is 15.8 Å². The van der Waals surface area contributed by atoms with Crippen molar-refractivity contribution in [1.29, 1.82) is 0 Å². The number of morpholine rings is 1. The summed E-state index contributed by atoms with van der Waals surface area (Å²) in [5, 5.41) is 2.90. The van der Waals surface area contributed by atoms with Crippen molar-refractivity contribution in [3.05, 3.63) is 58.5 Å². The molecule has 0 radical (unpaired) electrons. The first-order valence-corrected chi connectivity index (χ1v) is 7.16. The van der Waals surface area contributed by atoms with Crippen molar-refractivity contribution < 1.29 is 9.53 Å². The van der Waals surface area contributed by atoms with E-state index in [1.807, 2.05) is 24.3 Å². The van der Waals surface area contributed by atoms with Gasteiger partial charge in [0.25, 0.3) is 5.91 Å². The smallest absolute Gasteiger partial charge is 0.257 e. The van der Waals surface area contributed by atoms with Gasteiger partial charge in [-0.05, 0) is 18.2 Å². The number of anilines is 2. The summed E-state index contributed by atoms with van der Waals surface area (Å²) in [6, 6.07) is 10.5. The van der Waals surface area contributed by atoms with Gasteiger partial charge >= 0.3 is 0 Å². The van der Waals surface area contributed by atoms with E-state index in [0.29, 0.717) is 18.8 Å². The summed E-state index contributed by atoms with van der Waals surface area (Å²) in [6.45, 7) is 2.96. The quantitative estimate of drug-likeness (QED) is 0.900. The van der Waals surface area contributed by atoms with Crippen LogP contribution in [0.2, 0.25) is 0 Å². The molecular weight excluding hydrogens is 282 g/mol. The number of ether oxygens (including phenoxy) is 1. The summed E-state index contributed by atoms with van der Waals surface area (Å²) in [6.07, 6.45) is 1.41. The number of hydrogen-bond donors (Lipinski definition) is 2. The molecule has 3 rings (SSSR count). The minimum atomic E-state index is -0.253. The number of rotatable bonds is 3. The molecule has 1 aliphatic rings. The van der Waals surface area contributed by atoms with Gasteiger partial charge in [-0.2, -0.15) is 0 Å². The zero-order chi connectivity index (χ0) is 15.4. The van der Waals surface area contributed by atoms with Gasteiger partial charge in [-0.15, -0.1) is 0 Å². The molecule has 1 aliphatic heterocycles. The fourth-order valence-corrected chi connectivity index (χ4v) is 2.41. The molecule has 0 spiro atoms.